The van der Waals surface area contributed by atoms with Crippen LogP contribution in [0.1, 0.15) is 24.2 Å². The lowest BCUT2D eigenvalue weighted by Gasteiger charge is -2.09. The van der Waals surface area contributed by atoms with Gasteiger partial charge in [-0.05, 0) is 38.1 Å². The summed E-state index contributed by atoms with van der Waals surface area (Å²) in [4.78, 5) is 22.0. The van der Waals surface area contributed by atoms with Crippen molar-refractivity contribution in [3.63, 3.8) is 0 Å². The van der Waals surface area contributed by atoms with Crippen molar-refractivity contribution in [1.82, 2.24) is 5.32 Å². The van der Waals surface area contributed by atoms with Crippen LogP contribution >= 0.6 is 0 Å². The minimum Gasteiger partial charge on any atom is -0.491 e. The van der Waals surface area contributed by atoms with Gasteiger partial charge in [0, 0.05) is 5.56 Å². The first-order valence-electron chi connectivity index (χ1n) is 5.32. The van der Waals surface area contributed by atoms with Gasteiger partial charge in [-0.2, -0.15) is 0 Å². The Labute approximate surface area is 99.9 Å². The van der Waals surface area contributed by atoms with Crippen molar-refractivity contribution >= 4 is 11.8 Å². The van der Waals surface area contributed by atoms with Gasteiger partial charge >= 0.3 is 0 Å². The molecular weight excluding hydrogens is 220 g/mol. The van der Waals surface area contributed by atoms with E-state index in [1.165, 1.54) is 0 Å². The maximum absolute atomic E-state index is 11.5. The third-order valence-electron chi connectivity index (χ3n) is 1.91. The van der Waals surface area contributed by atoms with E-state index >= 15 is 0 Å². The Morgan fingerprint density at radius 2 is 1.88 bits per heavy atom. The molecule has 2 amide bonds. The van der Waals surface area contributed by atoms with Crippen LogP contribution in [-0.4, -0.2) is 24.5 Å². The summed E-state index contributed by atoms with van der Waals surface area (Å²) in [5, 5.41) is 2.40. The Morgan fingerprint density at radius 3 is 2.35 bits per heavy atom. The maximum Gasteiger partial charge on any atom is 0.251 e. The monoisotopic (exact) mass is 236 g/mol. The molecule has 0 saturated carbocycles. The van der Waals surface area contributed by atoms with Crippen molar-refractivity contribution < 1.29 is 14.3 Å². The van der Waals surface area contributed by atoms with Crippen LogP contribution in [0.25, 0.3) is 0 Å². The fraction of sp³-hybridized carbons (Fsp3) is 0.333. The number of benzene rings is 1. The van der Waals surface area contributed by atoms with Crippen molar-refractivity contribution in [3.8, 4) is 5.75 Å². The summed E-state index contributed by atoms with van der Waals surface area (Å²) in [6.45, 7) is 3.68. The highest BCUT2D eigenvalue weighted by molar-refractivity contribution is 5.96. The Kier molecular flexibility index (Phi) is 4.51. The average Bonchev–Trinajstić information content (AvgIpc) is 2.26. The van der Waals surface area contributed by atoms with Crippen molar-refractivity contribution in [2.45, 2.75) is 20.0 Å². The maximum atomic E-state index is 11.5. The molecule has 1 aromatic rings. The first-order valence-corrected chi connectivity index (χ1v) is 5.32. The fourth-order valence-electron chi connectivity index (χ4n) is 1.23. The molecule has 5 nitrogen and oxygen atoms in total. The molecule has 17 heavy (non-hydrogen) atoms. The second-order valence-corrected chi connectivity index (χ2v) is 3.84. The summed E-state index contributed by atoms with van der Waals surface area (Å²) in [6, 6.07) is 6.68. The highest BCUT2D eigenvalue weighted by Crippen LogP contribution is 2.13. The molecule has 3 N–H and O–H groups in total. The molecule has 0 aromatic heterocycles. The van der Waals surface area contributed by atoms with E-state index in [2.05, 4.69) is 5.32 Å². The molecule has 1 rings (SSSR count). The molecule has 0 unspecified atom stereocenters. The van der Waals surface area contributed by atoms with Crippen molar-refractivity contribution in [2.75, 3.05) is 6.54 Å². The molecule has 0 bridgehead atoms. The van der Waals surface area contributed by atoms with E-state index in [0.29, 0.717) is 11.3 Å². The number of hydrogen-bond acceptors (Lipinski definition) is 3. The highest BCUT2D eigenvalue weighted by Gasteiger charge is 2.06. The predicted molar refractivity (Wildman–Crippen MR) is 63.7 cm³/mol. The molecule has 5 heteroatoms. The van der Waals surface area contributed by atoms with Gasteiger partial charge < -0.3 is 15.8 Å². The van der Waals surface area contributed by atoms with Gasteiger partial charge in [0.05, 0.1) is 12.6 Å². The molecular formula is C12H16N2O3. The van der Waals surface area contributed by atoms with E-state index in [1.54, 1.807) is 24.3 Å². The summed E-state index contributed by atoms with van der Waals surface area (Å²) in [5.74, 6) is -0.204. The average molecular weight is 236 g/mol. The molecule has 0 aliphatic carbocycles. The van der Waals surface area contributed by atoms with Gasteiger partial charge in [-0.15, -0.1) is 0 Å². The quantitative estimate of drug-likeness (QED) is 0.789. The Balaban J connectivity index is 2.60. The minimum atomic E-state index is -0.571. The Hall–Kier alpha value is -2.04. The number of nitrogens with two attached hydrogens (primary N) is 1. The fourth-order valence-corrected chi connectivity index (χ4v) is 1.23. The van der Waals surface area contributed by atoms with E-state index in [1.807, 2.05) is 13.8 Å². The number of hydrogen-bond donors (Lipinski definition) is 2. The first kappa shape index (κ1) is 13.0. The zero-order chi connectivity index (χ0) is 12.8. The van der Waals surface area contributed by atoms with Crippen LogP contribution in [0.4, 0.5) is 0 Å². The Bertz CT molecular complexity index is 399. The zero-order valence-corrected chi connectivity index (χ0v) is 9.90. The number of amides is 2. The third kappa shape index (κ3) is 4.55. The summed E-state index contributed by atoms with van der Waals surface area (Å²) < 4.78 is 5.44. The lowest BCUT2D eigenvalue weighted by molar-refractivity contribution is -0.117. The molecule has 0 aliphatic rings. The van der Waals surface area contributed by atoms with Gasteiger partial charge in [-0.25, -0.2) is 0 Å². The van der Waals surface area contributed by atoms with Crippen LogP contribution < -0.4 is 15.8 Å². The summed E-state index contributed by atoms with van der Waals surface area (Å²) in [7, 11) is 0. The number of rotatable bonds is 5. The molecule has 0 radical (unpaired) electrons. The first-order chi connectivity index (χ1) is 7.99. The van der Waals surface area contributed by atoms with Crippen LogP contribution in [-0.2, 0) is 4.79 Å². The van der Waals surface area contributed by atoms with Crippen LogP contribution in [0.5, 0.6) is 5.75 Å². The molecule has 0 fully saturated rings. The summed E-state index contributed by atoms with van der Waals surface area (Å²) >= 11 is 0. The number of ether oxygens (including phenoxy) is 1. The third-order valence-corrected chi connectivity index (χ3v) is 1.91. The van der Waals surface area contributed by atoms with Crippen LogP contribution in [0, 0.1) is 0 Å². The van der Waals surface area contributed by atoms with Gasteiger partial charge in [0.1, 0.15) is 5.75 Å². The van der Waals surface area contributed by atoms with Gasteiger partial charge in [0.15, 0.2) is 0 Å². The largest absolute Gasteiger partial charge is 0.491 e. The second-order valence-electron chi connectivity index (χ2n) is 3.84. The number of primary amides is 1. The second kappa shape index (κ2) is 5.89. The van der Waals surface area contributed by atoms with Gasteiger partial charge in [0.2, 0.25) is 5.91 Å². The van der Waals surface area contributed by atoms with E-state index in [9.17, 15) is 9.59 Å². The molecule has 92 valence electrons. The van der Waals surface area contributed by atoms with Gasteiger partial charge in [-0.3, -0.25) is 9.59 Å². The number of carbonyl (C=O) groups excluding carboxylic acids is 2. The molecule has 0 atom stereocenters. The van der Waals surface area contributed by atoms with Crippen molar-refractivity contribution in [2.24, 2.45) is 5.73 Å². The zero-order valence-electron chi connectivity index (χ0n) is 9.90. The minimum absolute atomic E-state index is 0.0875. The molecule has 0 spiro atoms. The summed E-state index contributed by atoms with van der Waals surface area (Å²) in [6.07, 6.45) is 0.0875. The lowest BCUT2D eigenvalue weighted by Crippen LogP contribution is -2.33. The molecule has 1 aromatic carbocycles. The molecule has 0 saturated heterocycles. The van der Waals surface area contributed by atoms with Crippen LogP contribution in [0.3, 0.4) is 0 Å². The Morgan fingerprint density at radius 1 is 1.29 bits per heavy atom. The summed E-state index contributed by atoms with van der Waals surface area (Å²) in [5.41, 5.74) is 5.38. The van der Waals surface area contributed by atoms with E-state index in [4.69, 9.17) is 10.5 Å². The topological polar surface area (TPSA) is 81.4 Å². The van der Waals surface area contributed by atoms with Gasteiger partial charge in [0.25, 0.3) is 5.91 Å². The molecule has 0 heterocycles. The molecule has 0 aliphatic heterocycles. The smallest absolute Gasteiger partial charge is 0.251 e. The van der Waals surface area contributed by atoms with E-state index in [0.717, 1.165) is 0 Å². The predicted octanol–water partition coefficient (Wildman–Crippen LogP) is 0.689. The van der Waals surface area contributed by atoms with Gasteiger partial charge in [-0.1, -0.05) is 0 Å². The standard InChI is InChI=1S/C12H16N2O3/c1-8(2)17-10-5-3-9(4-6-10)12(16)14-7-11(13)15/h3-6,8H,7H2,1-2H3,(H2,13,15)(H,14,16). The normalized spacial score (nSPS) is 10.1. The SMILES string of the molecule is CC(C)Oc1ccc(C(=O)NCC(N)=O)cc1. The van der Waals surface area contributed by atoms with Crippen molar-refractivity contribution in [1.29, 1.82) is 0 Å². The van der Waals surface area contributed by atoms with E-state index in [-0.39, 0.29) is 18.6 Å². The number of carbonyl (C=O) groups is 2. The van der Waals surface area contributed by atoms with E-state index < -0.39 is 5.91 Å². The van der Waals surface area contributed by atoms with Crippen molar-refractivity contribution in [3.05, 3.63) is 29.8 Å². The van der Waals surface area contributed by atoms with Crippen LogP contribution in [0.2, 0.25) is 0 Å². The van der Waals surface area contributed by atoms with Crippen LogP contribution in [0.15, 0.2) is 24.3 Å². The number of nitrogens with one attached hydrogen (secondary N) is 1. The lowest BCUT2D eigenvalue weighted by atomic mass is 10.2. The highest BCUT2D eigenvalue weighted by atomic mass is 16.5.